The molecular formula is C13H27BN2O5. The first-order chi connectivity index (χ1) is 9.89. The molecule has 2 atom stereocenters. The van der Waals surface area contributed by atoms with Gasteiger partial charge in [0.1, 0.15) is 5.54 Å². The summed E-state index contributed by atoms with van der Waals surface area (Å²) in [6.07, 6.45) is 3.91. The first kappa shape index (κ1) is 18.4. The van der Waals surface area contributed by atoms with Gasteiger partial charge in [-0.25, -0.2) is 0 Å². The minimum atomic E-state index is -1.35. The summed E-state index contributed by atoms with van der Waals surface area (Å²) in [5, 5.41) is 36.2. The number of rotatable bonds is 10. The number of likely N-dealkylation sites (tertiary alicyclic amines) is 1. The van der Waals surface area contributed by atoms with E-state index in [1.54, 1.807) is 0 Å². The van der Waals surface area contributed by atoms with Gasteiger partial charge in [0, 0.05) is 12.6 Å². The summed E-state index contributed by atoms with van der Waals surface area (Å²) >= 11 is 0. The third-order valence-corrected chi connectivity index (χ3v) is 4.32. The van der Waals surface area contributed by atoms with Crippen molar-refractivity contribution < 1.29 is 25.1 Å². The quantitative estimate of drug-likeness (QED) is 0.265. The number of aliphatic hydroxyl groups is 1. The van der Waals surface area contributed by atoms with Crippen LogP contribution in [0.2, 0.25) is 6.32 Å². The summed E-state index contributed by atoms with van der Waals surface area (Å²) in [5.41, 5.74) is 4.72. The molecule has 7 nitrogen and oxygen atoms in total. The van der Waals surface area contributed by atoms with Crippen LogP contribution >= 0.6 is 0 Å². The normalized spacial score (nSPS) is 22.2. The average molecular weight is 302 g/mol. The van der Waals surface area contributed by atoms with E-state index in [4.69, 9.17) is 15.8 Å². The molecule has 1 aliphatic heterocycles. The molecule has 1 saturated heterocycles. The van der Waals surface area contributed by atoms with Gasteiger partial charge in [-0.3, -0.25) is 9.69 Å². The summed E-state index contributed by atoms with van der Waals surface area (Å²) in [7, 11) is -1.35. The molecule has 122 valence electrons. The second-order valence-electron chi connectivity index (χ2n) is 5.95. The van der Waals surface area contributed by atoms with Crippen LogP contribution in [0, 0.1) is 0 Å². The molecular weight excluding hydrogens is 275 g/mol. The van der Waals surface area contributed by atoms with E-state index in [1.807, 2.05) is 0 Å². The van der Waals surface area contributed by atoms with Gasteiger partial charge in [0.05, 0.1) is 6.61 Å². The van der Waals surface area contributed by atoms with Crippen molar-refractivity contribution in [2.24, 2.45) is 5.73 Å². The molecule has 1 fully saturated rings. The van der Waals surface area contributed by atoms with Gasteiger partial charge in [0.15, 0.2) is 0 Å². The minimum Gasteiger partial charge on any atom is -0.480 e. The number of hydrogen-bond donors (Lipinski definition) is 5. The monoisotopic (exact) mass is 302 g/mol. The summed E-state index contributed by atoms with van der Waals surface area (Å²) < 4.78 is 0. The molecule has 6 N–H and O–H groups in total. The molecule has 0 radical (unpaired) electrons. The van der Waals surface area contributed by atoms with Gasteiger partial charge in [-0.15, -0.1) is 0 Å². The first-order valence-electron chi connectivity index (χ1n) is 7.62. The minimum absolute atomic E-state index is 0.0963. The van der Waals surface area contributed by atoms with Crippen LogP contribution in [0.5, 0.6) is 0 Å². The SMILES string of the molecule is N[C@](CCCCB(O)O)(CCN1CCC[C@H]1CO)C(=O)O. The summed E-state index contributed by atoms with van der Waals surface area (Å²) in [4.78, 5) is 13.5. The zero-order valence-corrected chi connectivity index (χ0v) is 12.4. The van der Waals surface area contributed by atoms with E-state index in [2.05, 4.69) is 4.90 Å². The van der Waals surface area contributed by atoms with Crippen molar-refractivity contribution in [2.75, 3.05) is 19.7 Å². The van der Waals surface area contributed by atoms with Gasteiger partial charge < -0.3 is 26.0 Å². The molecule has 0 aliphatic carbocycles. The number of carboxylic acid groups (broad SMARTS) is 1. The highest BCUT2D eigenvalue weighted by atomic mass is 16.4. The Balaban J connectivity index is 2.42. The second-order valence-corrected chi connectivity index (χ2v) is 5.95. The van der Waals surface area contributed by atoms with Crippen LogP contribution in [0.25, 0.3) is 0 Å². The van der Waals surface area contributed by atoms with Gasteiger partial charge in [0.25, 0.3) is 0 Å². The van der Waals surface area contributed by atoms with E-state index in [0.29, 0.717) is 32.2 Å². The van der Waals surface area contributed by atoms with Crippen LogP contribution in [0.15, 0.2) is 0 Å². The van der Waals surface area contributed by atoms with Crippen LogP contribution in [-0.2, 0) is 4.79 Å². The number of hydrogen-bond acceptors (Lipinski definition) is 6. The van der Waals surface area contributed by atoms with Crippen molar-refractivity contribution in [3.05, 3.63) is 0 Å². The van der Waals surface area contributed by atoms with Crippen LogP contribution in [-0.4, -0.2) is 69.5 Å². The van der Waals surface area contributed by atoms with Gasteiger partial charge >= 0.3 is 13.1 Å². The van der Waals surface area contributed by atoms with Crippen molar-refractivity contribution in [3.63, 3.8) is 0 Å². The van der Waals surface area contributed by atoms with E-state index in [1.165, 1.54) is 0 Å². The Morgan fingerprint density at radius 2 is 2.05 bits per heavy atom. The van der Waals surface area contributed by atoms with E-state index >= 15 is 0 Å². The fraction of sp³-hybridized carbons (Fsp3) is 0.923. The van der Waals surface area contributed by atoms with Crippen LogP contribution in [0.1, 0.15) is 38.5 Å². The average Bonchev–Trinajstić information content (AvgIpc) is 2.88. The highest BCUT2D eigenvalue weighted by molar-refractivity contribution is 6.40. The summed E-state index contributed by atoms with van der Waals surface area (Å²) in [6, 6.07) is 0.118. The molecule has 1 aliphatic rings. The number of aliphatic carboxylic acids is 1. The lowest BCUT2D eigenvalue weighted by atomic mass is 9.81. The van der Waals surface area contributed by atoms with Crippen LogP contribution < -0.4 is 5.73 Å². The molecule has 0 spiro atoms. The van der Waals surface area contributed by atoms with Crippen LogP contribution in [0.3, 0.4) is 0 Å². The van der Waals surface area contributed by atoms with E-state index < -0.39 is 18.6 Å². The Bertz CT molecular complexity index is 332. The van der Waals surface area contributed by atoms with Gasteiger partial charge in [-0.1, -0.05) is 12.8 Å². The highest BCUT2D eigenvalue weighted by Gasteiger charge is 2.35. The van der Waals surface area contributed by atoms with Gasteiger partial charge in [-0.05, 0) is 38.5 Å². The predicted octanol–water partition coefficient (Wildman–Crippen LogP) is -0.742. The molecule has 0 aromatic carbocycles. The summed E-state index contributed by atoms with van der Waals surface area (Å²) in [6.45, 7) is 1.54. The van der Waals surface area contributed by atoms with Crippen molar-refractivity contribution in [1.82, 2.24) is 4.90 Å². The highest BCUT2D eigenvalue weighted by Crippen LogP contribution is 2.22. The smallest absolute Gasteiger partial charge is 0.451 e. The number of nitrogens with zero attached hydrogens (tertiary/aromatic N) is 1. The van der Waals surface area contributed by atoms with Crippen molar-refractivity contribution >= 4 is 13.1 Å². The summed E-state index contributed by atoms with van der Waals surface area (Å²) in [5.74, 6) is -1.02. The van der Waals surface area contributed by atoms with E-state index in [-0.39, 0.29) is 19.0 Å². The Kier molecular flexibility index (Phi) is 7.62. The topological polar surface area (TPSA) is 127 Å². The lowest BCUT2D eigenvalue weighted by Gasteiger charge is -2.29. The number of aliphatic hydroxyl groups excluding tert-OH is 1. The predicted molar refractivity (Wildman–Crippen MR) is 79.7 cm³/mol. The maximum Gasteiger partial charge on any atom is 0.451 e. The van der Waals surface area contributed by atoms with Gasteiger partial charge in [-0.2, -0.15) is 0 Å². The van der Waals surface area contributed by atoms with Crippen LogP contribution in [0.4, 0.5) is 0 Å². The molecule has 21 heavy (non-hydrogen) atoms. The van der Waals surface area contributed by atoms with Crippen molar-refractivity contribution in [3.8, 4) is 0 Å². The number of carbonyl (C=O) groups is 1. The Hall–Kier alpha value is -0.665. The third-order valence-electron chi connectivity index (χ3n) is 4.32. The number of carboxylic acids is 1. The third kappa shape index (κ3) is 5.92. The molecule has 1 rings (SSSR count). The largest absolute Gasteiger partial charge is 0.480 e. The standard InChI is InChI=1S/C13H27BN2O5/c15-13(12(18)19,5-1-2-7-14(20)21)6-9-16-8-3-4-11(16)10-17/h11,17,20-21H,1-10,15H2,(H,18,19)/t11-,13+/m0/s1. The number of unbranched alkanes of at least 4 members (excludes halogenated alkanes) is 1. The zero-order valence-electron chi connectivity index (χ0n) is 12.4. The van der Waals surface area contributed by atoms with Gasteiger partial charge in [0.2, 0.25) is 0 Å². The maximum atomic E-state index is 11.4. The Morgan fingerprint density at radius 1 is 1.33 bits per heavy atom. The molecule has 0 aromatic rings. The Labute approximate surface area is 125 Å². The lowest BCUT2D eigenvalue weighted by molar-refractivity contribution is -0.144. The lowest BCUT2D eigenvalue weighted by Crippen LogP contribution is -2.50. The van der Waals surface area contributed by atoms with E-state index in [9.17, 15) is 15.0 Å². The first-order valence-corrected chi connectivity index (χ1v) is 7.62. The molecule has 8 heteroatoms. The molecule has 0 saturated carbocycles. The molecule has 0 unspecified atom stereocenters. The Morgan fingerprint density at radius 3 is 2.62 bits per heavy atom. The fourth-order valence-electron chi connectivity index (χ4n) is 2.85. The number of nitrogens with two attached hydrogens (primary N) is 1. The fourth-order valence-corrected chi connectivity index (χ4v) is 2.85. The molecule has 1 heterocycles. The van der Waals surface area contributed by atoms with Crippen molar-refractivity contribution in [2.45, 2.75) is 56.4 Å². The molecule has 0 bridgehead atoms. The maximum absolute atomic E-state index is 11.4. The second kappa shape index (κ2) is 8.70. The molecule has 0 aromatic heterocycles. The zero-order chi connectivity index (χ0) is 15.9. The van der Waals surface area contributed by atoms with E-state index in [0.717, 1.165) is 19.4 Å². The van der Waals surface area contributed by atoms with Crippen molar-refractivity contribution in [1.29, 1.82) is 0 Å². The molecule has 0 amide bonds.